The minimum Gasteiger partial charge on any atom is -0.481 e. The molecule has 1 aromatic carbocycles. The van der Waals surface area contributed by atoms with Crippen LogP contribution < -0.4 is 5.32 Å². The molecule has 0 aromatic heterocycles. The van der Waals surface area contributed by atoms with E-state index in [-0.39, 0.29) is 12.5 Å². The standard InChI is InChI=1S/C15H20N2O3/c1-11-3-2-4-13(9-11)16-15(20)17-8-7-12(10-17)5-6-14(18)19/h2-4,9,12H,5-8,10H2,1H3,(H,16,20)(H,18,19). The Kier molecular flexibility index (Phi) is 4.61. The van der Waals surface area contributed by atoms with Crippen LogP contribution in [0.15, 0.2) is 24.3 Å². The summed E-state index contributed by atoms with van der Waals surface area (Å²) in [6.45, 7) is 3.32. The van der Waals surface area contributed by atoms with E-state index in [1.54, 1.807) is 4.90 Å². The summed E-state index contributed by atoms with van der Waals surface area (Å²) in [7, 11) is 0. The van der Waals surface area contributed by atoms with Crippen molar-refractivity contribution in [2.24, 2.45) is 5.92 Å². The number of aliphatic carboxylic acids is 1. The number of amides is 2. The average molecular weight is 276 g/mol. The lowest BCUT2D eigenvalue weighted by Crippen LogP contribution is -2.33. The third-order valence-electron chi connectivity index (χ3n) is 3.61. The van der Waals surface area contributed by atoms with Crippen LogP contribution in [0.25, 0.3) is 0 Å². The molecule has 2 rings (SSSR count). The number of nitrogens with zero attached hydrogens (tertiary/aromatic N) is 1. The molecule has 20 heavy (non-hydrogen) atoms. The van der Waals surface area contributed by atoms with Crippen LogP contribution in [-0.4, -0.2) is 35.1 Å². The van der Waals surface area contributed by atoms with Crippen LogP contribution >= 0.6 is 0 Å². The maximum atomic E-state index is 12.1. The Balaban J connectivity index is 1.83. The Morgan fingerprint density at radius 3 is 2.95 bits per heavy atom. The molecule has 2 amide bonds. The molecule has 0 saturated carbocycles. The Bertz CT molecular complexity index is 502. The van der Waals surface area contributed by atoms with Gasteiger partial charge in [-0.3, -0.25) is 4.79 Å². The monoisotopic (exact) mass is 276 g/mol. The van der Waals surface area contributed by atoms with Gasteiger partial charge in [-0.2, -0.15) is 0 Å². The molecular formula is C15H20N2O3. The third kappa shape index (κ3) is 3.98. The summed E-state index contributed by atoms with van der Waals surface area (Å²) in [6.07, 6.45) is 1.70. The lowest BCUT2D eigenvalue weighted by Gasteiger charge is -2.17. The second-order valence-corrected chi connectivity index (χ2v) is 5.33. The molecule has 1 aromatic rings. The number of hydrogen-bond donors (Lipinski definition) is 2. The molecule has 5 nitrogen and oxygen atoms in total. The fourth-order valence-corrected chi connectivity index (χ4v) is 2.51. The molecule has 1 unspecified atom stereocenters. The Hall–Kier alpha value is -2.04. The lowest BCUT2D eigenvalue weighted by atomic mass is 10.0. The van der Waals surface area contributed by atoms with Gasteiger partial charge in [0.2, 0.25) is 0 Å². The SMILES string of the molecule is Cc1cccc(NC(=O)N2CCC(CCC(=O)O)C2)c1. The maximum Gasteiger partial charge on any atom is 0.321 e. The number of benzene rings is 1. The molecule has 0 aliphatic carbocycles. The van der Waals surface area contributed by atoms with Gasteiger partial charge < -0.3 is 15.3 Å². The zero-order valence-electron chi connectivity index (χ0n) is 11.6. The smallest absolute Gasteiger partial charge is 0.321 e. The van der Waals surface area contributed by atoms with Gasteiger partial charge in [-0.05, 0) is 43.4 Å². The van der Waals surface area contributed by atoms with Crippen molar-refractivity contribution in [3.8, 4) is 0 Å². The van der Waals surface area contributed by atoms with E-state index in [4.69, 9.17) is 5.11 Å². The van der Waals surface area contributed by atoms with Gasteiger partial charge in [-0.25, -0.2) is 4.79 Å². The minimum absolute atomic E-state index is 0.103. The molecule has 1 saturated heterocycles. The molecule has 108 valence electrons. The molecule has 5 heteroatoms. The highest BCUT2D eigenvalue weighted by Crippen LogP contribution is 2.22. The first-order chi connectivity index (χ1) is 9.54. The molecule has 0 radical (unpaired) electrons. The number of hydrogen-bond acceptors (Lipinski definition) is 2. The van der Waals surface area contributed by atoms with Gasteiger partial charge in [0, 0.05) is 25.2 Å². The number of carboxylic acids is 1. The molecular weight excluding hydrogens is 256 g/mol. The predicted molar refractivity (Wildman–Crippen MR) is 76.7 cm³/mol. The van der Waals surface area contributed by atoms with Crippen molar-refractivity contribution in [1.82, 2.24) is 4.90 Å². The van der Waals surface area contributed by atoms with E-state index < -0.39 is 5.97 Å². The quantitative estimate of drug-likeness (QED) is 0.888. The predicted octanol–water partition coefficient (Wildman–Crippen LogP) is 2.71. The van der Waals surface area contributed by atoms with Gasteiger partial charge in [-0.1, -0.05) is 12.1 Å². The number of rotatable bonds is 4. The maximum absolute atomic E-state index is 12.1. The summed E-state index contributed by atoms with van der Waals surface area (Å²) in [5, 5.41) is 11.6. The second kappa shape index (κ2) is 6.41. The number of nitrogens with one attached hydrogen (secondary N) is 1. The van der Waals surface area contributed by atoms with E-state index in [1.807, 2.05) is 31.2 Å². The van der Waals surface area contributed by atoms with Crippen LogP contribution in [0, 0.1) is 12.8 Å². The fourth-order valence-electron chi connectivity index (χ4n) is 2.51. The number of anilines is 1. The van der Waals surface area contributed by atoms with Gasteiger partial charge in [0.25, 0.3) is 0 Å². The number of urea groups is 1. The van der Waals surface area contributed by atoms with Crippen LogP contribution in [0.5, 0.6) is 0 Å². The fraction of sp³-hybridized carbons (Fsp3) is 0.467. The first kappa shape index (κ1) is 14.4. The highest BCUT2D eigenvalue weighted by atomic mass is 16.4. The summed E-state index contributed by atoms with van der Waals surface area (Å²) in [4.78, 5) is 24.4. The van der Waals surface area contributed by atoms with E-state index in [0.717, 1.165) is 17.7 Å². The van der Waals surface area contributed by atoms with Gasteiger partial charge in [0.15, 0.2) is 0 Å². The Labute approximate surface area is 118 Å². The van der Waals surface area contributed by atoms with E-state index >= 15 is 0 Å². The van der Waals surface area contributed by atoms with Crippen LogP contribution in [-0.2, 0) is 4.79 Å². The van der Waals surface area contributed by atoms with Crippen molar-refractivity contribution >= 4 is 17.7 Å². The zero-order chi connectivity index (χ0) is 14.5. The first-order valence-electron chi connectivity index (χ1n) is 6.89. The molecule has 1 aliphatic heterocycles. The van der Waals surface area contributed by atoms with Gasteiger partial charge in [-0.15, -0.1) is 0 Å². The van der Waals surface area contributed by atoms with Crippen LogP contribution in [0.3, 0.4) is 0 Å². The topological polar surface area (TPSA) is 69.6 Å². The number of carbonyl (C=O) groups is 2. The number of carbonyl (C=O) groups excluding carboxylic acids is 1. The van der Waals surface area contributed by atoms with E-state index in [1.165, 1.54) is 0 Å². The van der Waals surface area contributed by atoms with Crippen molar-refractivity contribution in [2.75, 3.05) is 18.4 Å². The number of carboxylic acid groups (broad SMARTS) is 1. The highest BCUT2D eigenvalue weighted by Gasteiger charge is 2.26. The summed E-state index contributed by atoms with van der Waals surface area (Å²) < 4.78 is 0. The van der Waals surface area contributed by atoms with E-state index in [0.29, 0.717) is 25.4 Å². The van der Waals surface area contributed by atoms with Crippen LogP contribution in [0.2, 0.25) is 0 Å². The normalized spacial score (nSPS) is 18.1. The molecule has 0 spiro atoms. The Morgan fingerprint density at radius 2 is 2.25 bits per heavy atom. The first-order valence-corrected chi connectivity index (χ1v) is 6.89. The summed E-state index contributed by atoms with van der Waals surface area (Å²) in [5.41, 5.74) is 1.90. The summed E-state index contributed by atoms with van der Waals surface area (Å²) in [6, 6.07) is 7.57. The minimum atomic E-state index is -0.771. The van der Waals surface area contributed by atoms with Gasteiger partial charge in [0.1, 0.15) is 0 Å². The van der Waals surface area contributed by atoms with Crippen LogP contribution in [0.1, 0.15) is 24.8 Å². The van der Waals surface area contributed by atoms with Crippen LogP contribution in [0.4, 0.5) is 10.5 Å². The van der Waals surface area contributed by atoms with Crippen molar-refractivity contribution in [1.29, 1.82) is 0 Å². The Morgan fingerprint density at radius 1 is 1.45 bits per heavy atom. The van der Waals surface area contributed by atoms with Crippen molar-refractivity contribution < 1.29 is 14.7 Å². The molecule has 0 bridgehead atoms. The molecule has 1 aliphatic rings. The van der Waals surface area contributed by atoms with Crippen molar-refractivity contribution in [3.63, 3.8) is 0 Å². The van der Waals surface area contributed by atoms with Gasteiger partial charge in [0.05, 0.1) is 0 Å². The molecule has 1 fully saturated rings. The largest absolute Gasteiger partial charge is 0.481 e. The van der Waals surface area contributed by atoms with E-state index in [9.17, 15) is 9.59 Å². The zero-order valence-corrected chi connectivity index (χ0v) is 11.6. The molecule has 1 heterocycles. The third-order valence-corrected chi connectivity index (χ3v) is 3.61. The average Bonchev–Trinajstić information content (AvgIpc) is 2.85. The molecule has 1 atom stereocenters. The number of aryl methyl sites for hydroxylation is 1. The molecule has 2 N–H and O–H groups in total. The lowest BCUT2D eigenvalue weighted by molar-refractivity contribution is -0.137. The van der Waals surface area contributed by atoms with Crippen molar-refractivity contribution in [3.05, 3.63) is 29.8 Å². The van der Waals surface area contributed by atoms with E-state index in [2.05, 4.69) is 5.32 Å². The highest BCUT2D eigenvalue weighted by molar-refractivity contribution is 5.89. The van der Waals surface area contributed by atoms with Crippen molar-refractivity contribution in [2.45, 2.75) is 26.2 Å². The summed E-state index contributed by atoms with van der Waals surface area (Å²) in [5.74, 6) is -0.470. The van der Waals surface area contributed by atoms with Gasteiger partial charge >= 0.3 is 12.0 Å². The second-order valence-electron chi connectivity index (χ2n) is 5.33. The summed E-state index contributed by atoms with van der Waals surface area (Å²) >= 11 is 0. The number of likely N-dealkylation sites (tertiary alicyclic amines) is 1.